The molecule has 96 valence electrons. The number of thiophene rings is 1. The molecule has 2 unspecified atom stereocenters. The van der Waals surface area contributed by atoms with Crippen molar-refractivity contribution >= 4 is 21.2 Å². The molecule has 2 heterocycles. The number of sulfone groups is 1. The third-order valence-electron chi connectivity index (χ3n) is 3.30. The normalized spacial score (nSPS) is 24.9. The summed E-state index contributed by atoms with van der Waals surface area (Å²) in [6.07, 6.45) is 1.76. The van der Waals surface area contributed by atoms with Crippen LogP contribution in [0.4, 0.5) is 0 Å². The Balaban J connectivity index is 2.02. The van der Waals surface area contributed by atoms with Crippen molar-refractivity contribution in [1.29, 1.82) is 0 Å². The van der Waals surface area contributed by atoms with Gasteiger partial charge in [0.05, 0.1) is 11.5 Å². The van der Waals surface area contributed by atoms with E-state index >= 15 is 0 Å². The Morgan fingerprint density at radius 2 is 2.41 bits per heavy atom. The van der Waals surface area contributed by atoms with Gasteiger partial charge < -0.3 is 5.32 Å². The van der Waals surface area contributed by atoms with Crippen molar-refractivity contribution in [3.05, 3.63) is 22.4 Å². The predicted molar refractivity (Wildman–Crippen MR) is 72.2 cm³/mol. The van der Waals surface area contributed by atoms with E-state index in [0.29, 0.717) is 17.5 Å². The lowest BCUT2D eigenvalue weighted by Gasteiger charge is -2.22. The average Bonchev–Trinajstić information content (AvgIpc) is 2.87. The summed E-state index contributed by atoms with van der Waals surface area (Å²) in [5.41, 5.74) is 0. The summed E-state index contributed by atoms with van der Waals surface area (Å²) in [5, 5.41) is 5.52. The summed E-state index contributed by atoms with van der Waals surface area (Å²) in [7, 11) is -2.77. The van der Waals surface area contributed by atoms with Crippen molar-refractivity contribution < 1.29 is 8.42 Å². The molecule has 2 atom stereocenters. The number of rotatable bonds is 5. The molecule has 1 saturated heterocycles. The van der Waals surface area contributed by atoms with E-state index in [1.807, 2.05) is 6.07 Å². The van der Waals surface area contributed by atoms with Crippen LogP contribution in [0, 0.1) is 5.92 Å². The van der Waals surface area contributed by atoms with Gasteiger partial charge in [0.25, 0.3) is 0 Å². The van der Waals surface area contributed by atoms with Gasteiger partial charge in [-0.2, -0.15) is 0 Å². The van der Waals surface area contributed by atoms with E-state index in [1.54, 1.807) is 11.3 Å². The lowest BCUT2D eigenvalue weighted by atomic mass is 9.96. The maximum Gasteiger partial charge on any atom is 0.150 e. The topological polar surface area (TPSA) is 46.2 Å². The Morgan fingerprint density at radius 1 is 1.59 bits per heavy atom. The second-order valence-corrected chi connectivity index (χ2v) is 7.87. The summed E-state index contributed by atoms with van der Waals surface area (Å²) < 4.78 is 23.1. The molecule has 3 nitrogen and oxygen atoms in total. The summed E-state index contributed by atoms with van der Waals surface area (Å²) >= 11 is 1.75. The van der Waals surface area contributed by atoms with Crippen LogP contribution in [0.2, 0.25) is 0 Å². The lowest BCUT2D eigenvalue weighted by Crippen LogP contribution is -2.38. The number of nitrogens with one attached hydrogen (secondary N) is 1. The molecular weight excluding hydrogens is 254 g/mol. The minimum Gasteiger partial charge on any atom is -0.314 e. The fourth-order valence-corrected chi connectivity index (χ4v) is 5.10. The van der Waals surface area contributed by atoms with Crippen LogP contribution in [0.5, 0.6) is 0 Å². The van der Waals surface area contributed by atoms with Crippen LogP contribution in [0.25, 0.3) is 0 Å². The molecule has 0 saturated carbocycles. The molecule has 1 fully saturated rings. The smallest absolute Gasteiger partial charge is 0.150 e. The summed E-state index contributed by atoms with van der Waals surface area (Å²) in [5.74, 6) is 1.00. The van der Waals surface area contributed by atoms with Crippen molar-refractivity contribution in [2.24, 2.45) is 5.92 Å². The molecule has 0 spiro atoms. The third kappa shape index (κ3) is 3.53. The van der Waals surface area contributed by atoms with Crippen molar-refractivity contribution in [2.75, 3.05) is 18.1 Å². The van der Waals surface area contributed by atoms with Gasteiger partial charge in [0.15, 0.2) is 9.84 Å². The molecular formula is C12H19NO2S2. The van der Waals surface area contributed by atoms with Gasteiger partial charge in [-0.1, -0.05) is 13.0 Å². The standard InChI is InChI=1S/C12H19NO2S2/c1-2-13-12(8-11-4-3-6-16-11)10-5-7-17(14,15)9-10/h3-4,6,10,12-13H,2,5,7-9H2,1H3. The molecule has 2 rings (SSSR count). The van der Waals surface area contributed by atoms with E-state index in [2.05, 4.69) is 23.7 Å². The predicted octanol–water partition coefficient (Wildman–Crippen LogP) is 1.70. The Bertz CT molecular complexity index is 439. The van der Waals surface area contributed by atoms with Crippen LogP contribution in [0.3, 0.4) is 0 Å². The van der Waals surface area contributed by atoms with Crippen LogP contribution >= 0.6 is 11.3 Å². The zero-order valence-electron chi connectivity index (χ0n) is 10.1. The van der Waals surface area contributed by atoms with Gasteiger partial charge in [-0.25, -0.2) is 8.42 Å². The summed E-state index contributed by atoms with van der Waals surface area (Å²) in [4.78, 5) is 1.33. The minimum atomic E-state index is -2.77. The Kier molecular flexibility index (Phi) is 4.22. The van der Waals surface area contributed by atoms with Crippen LogP contribution in [0.1, 0.15) is 18.2 Å². The van der Waals surface area contributed by atoms with Gasteiger partial charge in [0, 0.05) is 10.9 Å². The van der Waals surface area contributed by atoms with Gasteiger partial charge in [-0.3, -0.25) is 0 Å². The second kappa shape index (κ2) is 5.50. The molecule has 1 aliphatic heterocycles. The molecule has 1 aromatic rings. The molecule has 17 heavy (non-hydrogen) atoms. The van der Waals surface area contributed by atoms with Crippen LogP contribution in [-0.4, -0.2) is 32.5 Å². The minimum absolute atomic E-state index is 0.280. The van der Waals surface area contributed by atoms with Crippen molar-refractivity contribution in [1.82, 2.24) is 5.32 Å². The van der Waals surface area contributed by atoms with Gasteiger partial charge >= 0.3 is 0 Å². The Labute approximate surface area is 107 Å². The number of hydrogen-bond acceptors (Lipinski definition) is 4. The van der Waals surface area contributed by atoms with Gasteiger partial charge in [-0.15, -0.1) is 11.3 Å². The maximum absolute atomic E-state index is 11.5. The van der Waals surface area contributed by atoms with E-state index in [0.717, 1.165) is 19.4 Å². The van der Waals surface area contributed by atoms with Crippen LogP contribution < -0.4 is 5.32 Å². The molecule has 5 heteroatoms. The SMILES string of the molecule is CCNC(Cc1cccs1)C1CCS(=O)(=O)C1. The highest BCUT2D eigenvalue weighted by molar-refractivity contribution is 7.91. The monoisotopic (exact) mass is 273 g/mol. The fraction of sp³-hybridized carbons (Fsp3) is 0.667. The number of hydrogen-bond donors (Lipinski definition) is 1. The molecule has 0 radical (unpaired) electrons. The van der Waals surface area contributed by atoms with E-state index in [1.165, 1.54) is 4.88 Å². The first-order valence-corrected chi connectivity index (χ1v) is 8.77. The molecule has 0 aliphatic carbocycles. The lowest BCUT2D eigenvalue weighted by molar-refractivity contribution is 0.388. The second-order valence-electron chi connectivity index (χ2n) is 4.61. The maximum atomic E-state index is 11.5. The van der Waals surface area contributed by atoms with Crippen molar-refractivity contribution in [3.8, 4) is 0 Å². The van der Waals surface area contributed by atoms with E-state index in [9.17, 15) is 8.42 Å². The van der Waals surface area contributed by atoms with Crippen LogP contribution in [-0.2, 0) is 16.3 Å². The first kappa shape index (κ1) is 13.1. The van der Waals surface area contributed by atoms with Gasteiger partial charge in [0.2, 0.25) is 0 Å². The fourth-order valence-electron chi connectivity index (χ4n) is 2.45. The number of likely N-dealkylation sites (N-methyl/N-ethyl adjacent to an activating group) is 1. The molecule has 0 bridgehead atoms. The largest absolute Gasteiger partial charge is 0.314 e. The molecule has 1 N–H and O–H groups in total. The highest BCUT2D eigenvalue weighted by atomic mass is 32.2. The van der Waals surface area contributed by atoms with Crippen molar-refractivity contribution in [2.45, 2.75) is 25.8 Å². The van der Waals surface area contributed by atoms with E-state index in [4.69, 9.17) is 0 Å². The third-order valence-corrected chi connectivity index (χ3v) is 6.00. The Morgan fingerprint density at radius 3 is 2.94 bits per heavy atom. The van der Waals surface area contributed by atoms with Crippen LogP contribution in [0.15, 0.2) is 17.5 Å². The van der Waals surface area contributed by atoms with E-state index in [-0.39, 0.29) is 5.92 Å². The van der Waals surface area contributed by atoms with Gasteiger partial charge in [-0.05, 0) is 36.8 Å². The summed E-state index contributed by atoms with van der Waals surface area (Å²) in [6.45, 7) is 2.97. The first-order chi connectivity index (χ1) is 8.11. The zero-order valence-corrected chi connectivity index (χ0v) is 11.7. The quantitative estimate of drug-likeness (QED) is 0.888. The summed E-state index contributed by atoms with van der Waals surface area (Å²) in [6, 6.07) is 4.48. The Hall–Kier alpha value is -0.390. The molecule has 1 aliphatic rings. The molecule has 0 amide bonds. The first-order valence-electron chi connectivity index (χ1n) is 6.07. The molecule has 0 aromatic carbocycles. The highest BCUT2D eigenvalue weighted by Crippen LogP contribution is 2.25. The highest BCUT2D eigenvalue weighted by Gasteiger charge is 2.33. The van der Waals surface area contributed by atoms with Crippen molar-refractivity contribution in [3.63, 3.8) is 0 Å². The zero-order chi connectivity index (χ0) is 12.3. The molecule has 1 aromatic heterocycles. The van der Waals surface area contributed by atoms with Gasteiger partial charge in [0.1, 0.15) is 0 Å². The average molecular weight is 273 g/mol. The van der Waals surface area contributed by atoms with E-state index < -0.39 is 9.84 Å².